The number of carbonyl (C=O) groups is 1. The van der Waals surface area contributed by atoms with Gasteiger partial charge in [0.15, 0.2) is 0 Å². The first-order valence-electron chi connectivity index (χ1n) is 8.33. The number of fused-ring (bicyclic) bond motifs is 3. The Kier molecular flexibility index (Phi) is 4.67. The maximum Gasteiger partial charge on any atom is 0.235 e. The first-order chi connectivity index (χ1) is 12.2. The summed E-state index contributed by atoms with van der Waals surface area (Å²) in [4.78, 5) is 28.1. The van der Waals surface area contributed by atoms with Crippen LogP contribution in [0.3, 0.4) is 0 Å². The van der Waals surface area contributed by atoms with Gasteiger partial charge in [0.05, 0.1) is 5.75 Å². The first-order valence-corrected chi connectivity index (χ1v) is 10.1. The molecule has 3 heterocycles. The summed E-state index contributed by atoms with van der Waals surface area (Å²) in [7, 11) is 0. The zero-order valence-electron chi connectivity index (χ0n) is 13.9. The highest BCUT2D eigenvalue weighted by molar-refractivity contribution is 8.00. The van der Waals surface area contributed by atoms with Crippen molar-refractivity contribution < 1.29 is 4.79 Å². The molecule has 0 unspecified atom stereocenters. The summed E-state index contributed by atoms with van der Waals surface area (Å²) in [6, 6.07) is 5.46. The molecule has 0 atom stereocenters. The Labute approximate surface area is 154 Å². The van der Waals surface area contributed by atoms with Gasteiger partial charge in [0, 0.05) is 16.5 Å². The van der Waals surface area contributed by atoms with Gasteiger partial charge in [0.2, 0.25) is 5.91 Å². The van der Waals surface area contributed by atoms with E-state index < -0.39 is 0 Å². The molecule has 25 heavy (non-hydrogen) atoms. The second-order valence-electron chi connectivity index (χ2n) is 6.02. The van der Waals surface area contributed by atoms with Gasteiger partial charge in [-0.1, -0.05) is 17.8 Å². The number of hydrogen-bond donors (Lipinski definition) is 1. The minimum absolute atomic E-state index is 0.0720. The molecule has 5 nitrogen and oxygen atoms in total. The van der Waals surface area contributed by atoms with Crippen LogP contribution in [0.4, 0.5) is 5.82 Å². The second-order valence-corrected chi connectivity index (χ2v) is 8.07. The highest BCUT2D eigenvalue weighted by Crippen LogP contribution is 2.39. The van der Waals surface area contributed by atoms with Gasteiger partial charge < -0.3 is 5.32 Å². The van der Waals surface area contributed by atoms with Crippen LogP contribution in [0.5, 0.6) is 0 Å². The fourth-order valence-corrected chi connectivity index (χ4v) is 5.35. The van der Waals surface area contributed by atoms with E-state index in [0.29, 0.717) is 11.6 Å². The quantitative estimate of drug-likeness (QED) is 0.555. The van der Waals surface area contributed by atoms with Gasteiger partial charge in [-0.25, -0.2) is 15.0 Å². The largest absolute Gasteiger partial charge is 0.310 e. The summed E-state index contributed by atoms with van der Waals surface area (Å²) in [6.45, 7) is 1.91. The number of rotatable bonds is 4. The molecular formula is C18H18N4OS2. The van der Waals surface area contributed by atoms with E-state index in [1.54, 1.807) is 23.6 Å². The van der Waals surface area contributed by atoms with Crippen molar-refractivity contribution in [2.75, 3.05) is 11.1 Å². The van der Waals surface area contributed by atoms with Gasteiger partial charge in [-0.15, -0.1) is 11.3 Å². The maximum atomic E-state index is 12.2. The molecule has 0 aromatic carbocycles. The van der Waals surface area contributed by atoms with Crippen LogP contribution in [0.1, 0.15) is 29.1 Å². The van der Waals surface area contributed by atoms with Crippen LogP contribution in [0.2, 0.25) is 0 Å². The van der Waals surface area contributed by atoms with Gasteiger partial charge in [0.1, 0.15) is 21.5 Å². The molecule has 0 bridgehead atoms. The number of aryl methyl sites for hydroxylation is 3. The van der Waals surface area contributed by atoms with Crippen LogP contribution >= 0.6 is 23.1 Å². The maximum absolute atomic E-state index is 12.2. The number of amides is 1. The van der Waals surface area contributed by atoms with Gasteiger partial charge in [-0.2, -0.15) is 0 Å². The molecule has 128 valence electrons. The Morgan fingerprint density at radius 2 is 2.16 bits per heavy atom. The molecule has 1 amide bonds. The third-order valence-corrected chi connectivity index (χ3v) is 6.33. The smallest absolute Gasteiger partial charge is 0.235 e. The van der Waals surface area contributed by atoms with E-state index in [9.17, 15) is 4.79 Å². The zero-order chi connectivity index (χ0) is 17.2. The summed E-state index contributed by atoms with van der Waals surface area (Å²) >= 11 is 3.27. The van der Waals surface area contributed by atoms with Crippen molar-refractivity contribution in [3.8, 4) is 0 Å². The Bertz CT molecular complexity index is 924. The van der Waals surface area contributed by atoms with Crippen molar-refractivity contribution in [1.82, 2.24) is 15.0 Å². The lowest BCUT2D eigenvalue weighted by Crippen LogP contribution is -2.15. The second kappa shape index (κ2) is 7.09. The molecule has 3 aromatic heterocycles. The van der Waals surface area contributed by atoms with E-state index >= 15 is 0 Å². The molecule has 0 saturated carbocycles. The van der Waals surface area contributed by atoms with Gasteiger partial charge >= 0.3 is 0 Å². The molecule has 0 aliphatic heterocycles. The van der Waals surface area contributed by atoms with Gasteiger partial charge in [-0.3, -0.25) is 4.79 Å². The Hall–Kier alpha value is -1.99. The summed E-state index contributed by atoms with van der Waals surface area (Å²) in [5.41, 5.74) is 1.40. The van der Waals surface area contributed by atoms with Crippen LogP contribution in [0.15, 0.2) is 29.4 Å². The van der Waals surface area contributed by atoms with E-state index in [0.717, 1.165) is 28.5 Å². The number of nitrogens with one attached hydrogen (secondary N) is 1. The average Bonchev–Trinajstić information content (AvgIpc) is 2.98. The number of carbonyl (C=O) groups excluding carboxylic acids is 1. The van der Waals surface area contributed by atoms with E-state index in [4.69, 9.17) is 0 Å². The molecule has 0 fully saturated rings. The summed E-state index contributed by atoms with van der Waals surface area (Å²) in [5.74, 6) is 1.58. The number of pyridine rings is 1. The first kappa shape index (κ1) is 16.5. The Morgan fingerprint density at radius 1 is 1.28 bits per heavy atom. The number of thioether (sulfide) groups is 1. The normalized spacial score (nSPS) is 13.6. The van der Waals surface area contributed by atoms with Crippen LogP contribution in [0.25, 0.3) is 10.2 Å². The molecule has 0 saturated heterocycles. The van der Waals surface area contributed by atoms with E-state index in [1.807, 2.05) is 19.1 Å². The van der Waals surface area contributed by atoms with E-state index in [2.05, 4.69) is 20.3 Å². The minimum Gasteiger partial charge on any atom is -0.310 e. The van der Waals surface area contributed by atoms with Crippen molar-refractivity contribution in [3.63, 3.8) is 0 Å². The fourth-order valence-electron chi connectivity index (χ4n) is 3.08. The topological polar surface area (TPSA) is 67.8 Å². The highest BCUT2D eigenvalue weighted by Gasteiger charge is 2.21. The average molecular weight is 371 g/mol. The molecule has 7 heteroatoms. The molecular weight excluding hydrogens is 352 g/mol. The van der Waals surface area contributed by atoms with Crippen molar-refractivity contribution in [2.24, 2.45) is 0 Å². The number of aromatic nitrogens is 3. The summed E-state index contributed by atoms with van der Waals surface area (Å²) in [5, 5.41) is 4.92. The number of nitrogens with zero attached hydrogens (tertiary/aromatic N) is 3. The van der Waals surface area contributed by atoms with Gasteiger partial charge in [-0.05, 0) is 50.3 Å². The third kappa shape index (κ3) is 3.52. The summed E-state index contributed by atoms with van der Waals surface area (Å²) < 4.78 is 0. The molecule has 1 aliphatic rings. The van der Waals surface area contributed by atoms with Crippen molar-refractivity contribution >= 4 is 45.0 Å². The predicted octanol–water partition coefficient (Wildman–Crippen LogP) is 4.00. The van der Waals surface area contributed by atoms with Crippen LogP contribution < -0.4 is 5.32 Å². The SMILES string of the molecule is Cc1nc(SCC(=O)Nc2ccccn2)c2c3c(sc2n1)CCCC3. The lowest BCUT2D eigenvalue weighted by atomic mass is 9.97. The van der Waals surface area contributed by atoms with Crippen molar-refractivity contribution in [2.45, 2.75) is 37.6 Å². The van der Waals surface area contributed by atoms with Crippen LogP contribution in [-0.2, 0) is 17.6 Å². The number of thiophene rings is 1. The molecule has 0 radical (unpaired) electrons. The van der Waals surface area contributed by atoms with Crippen LogP contribution in [-0.4, -0.2) is 26.6 Å². The highest BCUT2D eigenvalue weighted by atomic mass is 32.2. The lowest BCUT2D eigenvalue weighted by molar-refractivity contribution is -0.113. The number of hydrogen-bond acceptors (Lipinski definition) is 6. The van der Waals surface area contributed by atoms with E-state index in [1.165, 1.54) is 40.4 Å². The molecule has 1 N–H and O–H groups in total. The molecule has 3 aromatic rings. The van der Waals surface area contributed by atoms with Gasteiger partial charge in [0.25, 0.3) is 0 Å². The Morgan fingerprint density at radius 3 is 3.00 bits per heavy atom. The van der Waals surface area contributed by atoms with Crippen LogP contribution in [0, 0.1) is 6.92 Å². The third-order valence-electron chi connectivity index (χ3n) is 4.17. The van der Waals surface area contributed by atoms with Crippen molar-refractivity contribution in [1.29, 1.82) is 0 Å². The lowest BCUT2D eigenvalue weighted by Gasteiger charge is -2.11. The monoisotopic (exact) mass is 370 g/mol. The zero-order valence-corrected chi connectivity index (χ0v) is 15.5. The van der Waals surface area contributed by atoms with Crippen molar-refractivity contribution in [3.05, 3.63) is 40.7 Å². The fraction of sp³-hybridized carbons (Fsp3) is 0.333. The number of anilines is 1. The molecule has 4 rings (SSSR count). The van der Waals surface area contributed by atoms with E-state index in [-0.39, 0.29) is 5.91 Å². The molecule has 0 spiro atoms. The minimum atomic E-state index is -0.0720. The summed E-state index contributed by atoms with van der Waals surface area (Å²) in [6.07, 6.45) is 6.37. The molecule has 1 aliphatic carbocycles. The standard InChI is InChI=1S/C18H18N4OS2/c1-11-20-17(24-10-15(23)22-14-8-4-5-9-19-14)16-12-6-2-3-7-13(12)25-18(16)21-11/h4-5,8-9H,2-3,6-7,10H2,1H3,(H,19,22,23). The predicted molar refractivity (Wildman–Crippen MR) is 102 cm³/mol. The Balaban J connectivity index is 1.56.